The Labute approximate surface area is 150 Å². The first-order valence-corrected chi connectivity index (χ1v) is 8.90. The molecule has 6 rings (SSSR count). The Morgan fingerprint density at radius 3 is 2.29 bits per heavy atom. The maximum atomic E-state index is 6.09. The SMILES string of the molecule is Cl.c1ccc2c(c1)C1CCC2(CC2CNCCO2)c2ccccc21. The Bertz CT molecular complexity index is 691. The van der Waals surface area contributed by atoms with Crippen molar-refractivity contribution in [3.05, 3.63) is 70.8 Å². The summed E-state index contributed by atoms with van der Waals surface area (Å²) in [6.45, 7) is 2.81. The van der Waals surface area contributed by atoms with Crippen molar-refractivity contribution >= 4 is 12.4 Å². The van der Waals surface area contributed by atoms with E-state index in [2.05, 4.69) is 53.8 Å². The van der Waals surface area contributed by atoms with Gasteiger partial charge in [-0.05, 0) is 41.5 Å². The van der Waals surface area contributed by atoms with Crippen LogP contribution in [0.25, 0.3) is 0 Å². The van der Waals surface area contributed by atoms with Crippen LogP contribution in [0.3, 0.4) is 0 Å². The molecule has 2 bridgehead atoms. The van der Waals surface area contributed by atoms with Crippen LogP contribution in [0.2, 0.25) is 0 Å². The number of halogens is 1. The number of rotatable bonds is 2. The van der Waals surface area contributed by atoms with E-state index < -0.39 is 0 Å². The molecule has 3 aliphatic carbocycles. The predicted octanol–water partition coefficient (Wildman–Crippen LogP) is 4.01. The van der Waals surface area contributed by atoms with Gasteiger partial charge in [0.2, 0.25) is 0 Å². The lowest BCUT2D eigenvalue weighted by molar-refractivity contribution is 0.00946. The molecule has 1 N–H and O–H groups in total. The topological polar surface area (TPSA) is 21.3 Å². The maximum absolute atomic E-state index is 6.09. The summed E-state index contributed by atoms with van der Waals surface area (Å²) in [6, 6.07) is 18.3. The standard InChI is InChI=1S/C21H23NO.ClH/c1-3-7-19-17(5-1)16-9-10-21(19,13-15-14-22-11-12-23-15)20-8-4-2-6-18(16)20;/h1-8,15-16,22H,9-14H2;1H. The Morgan fingerprint density at radius 2 is 1.67 bits per heavy atom. The van der Waals surface area contributed by atoms with E-state index in [-0.39, 0.29) is 17.8 Å². The minimum absolute atomic E-state index is 0. The van der Waals surface area contributed by atoms with Crippen molar-refractivity contribution in [3.63, 3.8) is 0 Å². The lowest BCUT2D eigenvalue weighted by Crippen LogP contribution is -2.47. The van der Waals surface area contributed by atoms with Crippen molar-refractivity contribution in [2.24, 2.45) is 0 Å². The minimum Gasteiger partial charge on any atom is -0.376 e. The minimum atomic E-state index is 0. The molecule has 24 heavy (non-hydrogen) atoms. The molecule has 0 radical (unpaired) electrons. The summed E-state index contributed by atoms with van der Waals surface area (Å²) in [4.78, 5) is 0. The average molecular weight is 342 g/mol. The van der Waals surface area contributed by atoms with Crippen molar-refractivity contribution in [1.82, 2.24) is 5.32 Å². The van der Waals surface area contributed by atoms with Crippen molar-refractivity contribution in [2.75, 3.05) is 19.7 Å². The van der Waals surface area contributed by atoms with E-state index in [4.69, 9.17) is 4.74 Å². The van der Waals surface area contributed by atoms with E-state index in [9.17, 15) is 0 Å². The van der Waals surface area contributed by atoms with Gasteiger partial charge in [-0.15, -0.1) is 12.4 Å². The van der Waals surface area contributed by atoms with Gasteiger partial charge in [-0.2, -0.15) is 0 Å². The van der Waals surface area contributed by atoms with Gasteiger partial charge in [0, 0.05) is 24.4 Å². The monoisotopic (exact) mass is 341 g/mol. The number of hydrogen-bond acceptors (Lipinski definition) is 2. The quantitative estimate of drug-likeness (QED) is 0.891. The van der Waals surface area contributed by atoms with E-state index in [1.54, 1.807) is 22.3 Å². The second-order valence-corrected chi connectivity index (χ2v) is 7.25. The van der Waals surface area contributed by atoms with Gasteiger partial charge < -0.3 is 10.1 Å². The van der Waals surface area contributed by atoms with E-state index >= 15 is 0 Å². The van der Waals surface area contributed by atoms with E-state index in [0.717, 1.165) is 26.1 Å². The van der Waals surface area contributed by atoms with Crippen LogP contribution in [0.4, 0.5) is 0 Å². The predicted molar refractivity (Wildman–Crippen MR) is 99.2 cm³/mol. The first kappa shape index (κ1) is 16.1. The smallest absolute Gasteiger partial charge is 0.0711 e. The van der Waals surface area contributed by atoms with E-state index in [1.165, 1.54) is 12.8 Å². The number of nitrogens with one attached hydrogen (secondary N) is 1. The van der Waals surface area contributed by atoms with Crippen molar-refractivity contribution in [1.29, 1.82) is 0 Å². The highest BCUT2D eigenvalue weighted by atomic mass is 35.5. The molecule has 3 heteroatoms. The first-order chi connectivity index (χ1) is 11.4. The van der Waals surface area contributed by atoms with Gasteiger partial charge in [0.15, 0.2) is 0 Å². The van der Waals surface area contributed by atoms with Crippen LogP contribution in [0.1, 0.15) is 47.4 Å². The molecular weight excluding hydrogens is 318 g/mol. The Balaban J connectivity index is 0.00000146. The zero-order valence-electron chi connectivity index (χ0n) is 13.8. The third-order valence-electron chi connectivity index (χ3n) is 6.14. The highest BCUT2D eigenvalue weighted by Gasteiger charge is 2.48. The molecule has 0 spiro atoms. The molecule has 126 valence electrons. The number of fused-ring (bicyclic) bond motifs is 1. The van der Waals surface area contributed by atoms with Crippen LogP contribution >= 0.6 is 12.4 Å². The summed E-state index contributed by atoms with van der Waals surface area (Å²) in [5.74, 6) is 0.592. The fourth-order valence-electron chi connectivity index (χ4n) is 5.22. The molecule has 4 aliphatic rings. The van der Waals surface area contributed by atoms with E-state index in [1.807, 2.05) is 0 Å². The molecule has 0 amide bonds. The third-order valence-corrected chi connectivity index (χ3v) is 6.14. The lowest BCUT2D eigenvalue weighted by atomic mass is 9.53. The molecule has 1 saturated heterocycles. The second kappa shape index (κ2) is 6.18. The Hall–Kier alpha value is -1.35. The molecule has 1 fully saturated rings. The van der Waals surface area contributed by atoms with E-state index in [0.29, 0.717) is 12.0 Å². The number of morpholine rings is 1. The second-order valence-electron chi connectivity index (χ2n) is 7.25. The Kier molecular flexibility index (Phi) is 4.16. The third kappa shape index (κ3) is 2.24. The van der Waals surface area contributed by atoms with Crippen molar-refractivity contribution in [2.45, 2.75) is 36.7 Å². The number of ether oxygens (including phenoxy) is 1. The van der Waals surface area contributed by atoms with Gasteiger partial charge in [0.05, 0.1) is 12.7 Å². The summed E-state index contributed by atoms with van der Waals surface area (Å²) in [5.41, 5.74) is 6.38. The fraction of sp³-hybridized carbons (Fsp3) is 0.429. The number of hydrogen-bond donors (Lipinski definition) is 1. The zero-order valence-corrected chi connectivity index (χ0v) is 14.6. The van der Waals surface area contributed by atoms with Crippen LogP contribution in [0.5, 0.6) is 0 Å². The first-order valence-electron chi connectivity index (χ1n) is 8.90. The molecule has 1 heterocycles. The van der Waals surface area contributed by atoms with Gasteiger partial charge in [0.25, 0.3) is 0 Å². The summed E-state index contributed by atoms with van der Waals surface area (Å²) in [6.07, 6.45) is 3.94. The highest BCUT2D eigenvalue weighted by Crippen LogP contribution is 2.58. The molecule has 2 aromatic rings. The van der Waals surface area contributed by atoms with Gasteiger partial charge in [-0.1, -0.05) is 48.5 Å². The largest absolute Gasteiger partial charge is 0.376 e. The van der Waals surface area contributed by atoms with Crippen LogP contribution in [0.15, 0.2) is 48.5 Å². The summed E-state index contributed by atoms with van der Waals surface area (Å²) in [5, 5.41) is 3.50. The highest BCUT2D eigenvalue weighted by molar-refractivity contribution is 5.85. The summed E-state index contributed by atoms with van der Waals surface area (Å²) in [7, 11) is 0. The van der Waals surface area contributed by atoms with Gasteiger partial charge in [-0.3, -0.25) is 0 Å². The molecule has 0 saturated carbocycles. The molecule has 1 aliphatic heterocycles. The zero-order chi connectivity index (χ0) is 15.3. The summed E-state index contributed by atoms with van der Waals surface area (Å²) < 4.78 is 6.09. The maximum Gasteiger partial charge on any atom is 0.0711 e. The molecule has 2 nitrogen and oxygen atoms in total. The van der Waals surface area contributed by atoms with Crippen LogP contribution < -0.4 is 5.32 Å². The van der Waals surface area contributed by atoms with Gasteiger partial charge in [-0.25, -0.2) is 0 Å². The molecule has 0 aromatic heterocycles. The van der Waals surface area contributed by atoms with Crippen LogP contribution in [0, 0.1) is 0 Å². The number of benzene rings is 2. The normalized spacial score (nSPS) is 30.2. The molecular formula is C21H24ClNO. The fourth-order valence-corrected chi connectivity index (χ4v) is 5.22. The van der Waals surface area contributed by atoms with Gasteiger partial charge in [0.1, 0.15) is 0 Å². The molecule has 1 atom stereocenters. The van der Waals surface area contributed by atoms with Crippen LogP contribution in [-0.2, 0) is 10.2 Å². The molecule has 1 unspecified atom stereocenters. The van der Waals surface area contributed by atoms with Crippen LogP contribution in [-0.4, -0.2) is 25.8 Å². The van der Waals surface area contributed by atoms with Crippen molar-refractivity contribution < 1.29 is 4.74 Å². The lowest BCUT2D eigenvalue weighted by Gasteiger charge is -2.51. The molecule has 2 aromatic carbocycles. The average Bonchev–Trinajstić information content (AvgIpc) is 2.63. The Morgan fingerprint density at radius 1 is 1.00 bits per heavy atom. The van der Waals surface area contributed by atoms with Crippen molar-refractivity contribution in [3.8, 4) is 0 Å². The van der Waals surface area contributed by atoms with Gasteiger partial charge >= 0.3 is 0 Å². The summed E-state index contributed by atoms with van der Waals surface area (Å²) >= 11 is 0.